The number of hydrogen-bond donors (Lipinski definition) is 0. The van der Waals surface area contributed by atoms with Gasteiger partial charge in [-0.2, -0.15) is 0 Å². The second-order valence-electron chi connectivity index (χ2n) is 5.09. The number of pyridine rings is 2. The van der Waals surface area contributed by atoms with E-state index in [9.17, 15) is 4.79 Å². The fourth-order valence-corrected chi connectivity index (χ4v) is 2.28. The third kappa shape index (κ3) is 4.36. The van der Waals surface area contributed by atoms with Crippen molar-refractivity contribution in [3.05, 3.63) is 60.2 Å². The molecule has 0 saturated carbocycles. The number of aryl methyl sites for hydroxylation is 1. The summed E-state index contributed by atoms with van der Waals surface area (Å²) in [5, 5.41) is 0. The topological polar surface area (TPSA) is 55.3 Å². The highest BCUT2D eigenvalue weighted by Gasteiger charge is 2.22. The molecular formula is C17H21N3O2. The van der Waals surface area contributed by atoms with Crippen LogP contribution in [0.1, 0.15) is 23.7 Å². The summed E-state index contributed by atoms with van der Waals surface area (Å²) in [6.45, 7) is 0.425. The van der Waals surface area contributed by atoms with Crippen molar-refractivity contribution in [1.29, 1.82) is 0 Å². The number of likely N-dealkylation sites (N-methyl/N-ethyl adjacent to an activating group) is 1. The molecule has 22 heavy (non-hydrogen) atoms. The summed E-state index contributed by atoms with van der Waals surface area (Å²) < 4.78 is 5.25. The Balaban J connectivity index is 2.00. The molecule has 5 nitrogen and oxygen atoms in total. The van der Waals surface area contributed by atoms with E-state index in [0.29, 0.717) is 19.4 Å². The van der Waals surface area contributed by atoms with Gasteiger partial charge in [0, 0.05) is 39.2 Å². The molecule has 116 valence electrons. The highest BCUT2D eigenvalue weighted by atomic mass is 16.5. The number of ether oxygens (including phenoxy) is 1. The molecule has 2 aromatic heterocycles. The normalized spacial score (nSPS) is 11.9. The molecule has 5 heteroatoms. The summed E-state index contributed by atoms with van der Waals surface area (Å²) in [7, 11) is 3.43. The molecule has 1 amide bonds. The van der Waals surface area contributed by atoms with Crippen LogP contribution in [0, 0.1) is 0 Å². The van der Waals surface area contributed by atoms with Crippen molar-refractivity contribution in [1.82, 2.24) is 14.9 Å². The monoisotopic (exact) mass is 299 g/mol. The van der Waals surface area contributed by atoms with Gasteiger partial charge in [0.1, 0.15) is 0 Å². The lowest BCUT2D eigenvalue weighted by Gasteiger charge is -2.27. The quantitative estimate of drug-likeness (QED) is 0.787. The van der Waals surface area contributed by atoms with E-state index in [2.05, 4.69) is 9.97 Å². The van der Waals surface area contributed by atoms with Crippen molar-refractivity contribution in [3.63, 3.8) is 0 Å². The Morgan fingerprint density at radius 2 is 2.00 bits per heavy atom. The predicted octanol–water partition coefficient (Wildman–Crippen LogP) is 2.26. The second-order valence-corrected chi connectivity index (χ2v) is 5.09. The van der Waals surface area contributed by atoms with Crippen molar-refractivity contribution in [2.75, 3.05) is 20.8 Å². The van der Waals surface area contributed by atoms with Gasteiger partial charge in [0.05, 0.1) is 18.3 Å². The fourth-order valence-electron chi connectivity index (χ4n) is 2.28. The van der Waals surface area contributed by atoms with Gasteiger partial charge in [-0.15, -0.1) is 0 Å². The van der Waals surface area contributed by atoms with Gasteiger partial charge in [-0.05, 0) is 36.2 Å². The van der Waals surface area contributed by atoms with Crippen molar-refractivity contribution >= 4 is 5.91 Å². The van der Waals surface area contributed by atoms with Crippen LogP contribution >= 0.6 is 0 Å². The standard InChI is InChI=1S/C17H21N3O2/c1-20(16(13-22-2)15-5-3-4-10-19-15)17(21)7-6-14-8-11-18-12-9-14/h3-5,8-12,16H,6-7,13H2,1-2H3. The smallest absolute Gasteiger partial charge is 0.223 e. The summed E-state index contributed by atoms with van der Waals surface area (Å²) in [6.07, 6.45) is 6.37. The number of carbonyl (C=O) groups is 1. The first-order chi connectivity index (χ1) is 10.7. The molecule has 0 aliphatic carbocycles. The van der Waals surface area contributed by atoms with Crippen molar-refractivity contribution in [2.45, 2.75) is 18.9 Å². The lowest BCUT2D eigenvalue weighted by molar-refractivity contribution is -0.133. The van der Waals surface area contributed by atoms with Crippen molar-refractivity contribution in [2.24, 2.45) is 0 Å². The highest BCUT2D eigenvalue weighted by Crippen LogP contribution is 2.18. The van der Waals surface area contributed by atoms with Crippen molar-refractivity contribution in [3.8, 4) is 0 Å². The minimum atomic E-state index is -0.170. The molecule has 0 spiro atoms. The lowest BCUT2D eigenvalue weighted by atomic mass is 10.1. The number of carbonyl (C=O) groups excluding carboxylic acids is 1. The first-order valence-corrected chi connectivity index (χ1v) is 7.26. The van der Waals surface area contributed by atoms with Crippen LogP contribution in [0.5, 0.6) is 0 Å². The number of nitrogens with zero attached hydrogens (tertiary/aromatic N) is 3. The van der Waals surface area contributed by atoms with E-state index in [4.69, 9.17) is 4.74 Å². The number of methoxy groups -OCH3 is 1. The second kappa shape index (κ2) is 8.24. The molecule has 0 aliphatic rings. The molecular weight excluding hydrogens is 278 g/mol. The van der Waals surface area contributed by atoms with E-state index in [-0.39, 0.29) is 11.9 Å². The zero-order chi connectivity index (χ0) is 15.8. The average molecular weight is 299 g/mol. The SMILES string of the molecule is COCC(c1ccccn1)N(C)C(=O)CCc1ccncc1. The van der Waals surface area contributed by atoms with Crippen LogP contribution < -0.4 is 0 Å². The van der Waals surface area contributed by atoms with Gasteiger partial charge >= 0.3 is 0 Å². The largest absolute Gasteiger partial charge is 0.382 e. The number of hydrogen-bond acceptors (Lipinski definition) is 4. The maximum Gasteiger partial charge on any atom is 0.223 e. The van der Waals surface area contributed by atoms with Crippen LogP contribution in [-0.4, -0.2) is 41.5 Å². The molecule has 2 rings (SSSR count). The van der Waals surface area contributed by atoms with Gasteiger partial charge in [0.15, 0.2) is 0 Å². The van der Waals surface area contributed by atoms with E-state index >= 15 is 0 Å². The van der Waals surface area contributed by atoms with E-state index in [1.165, 1.54) is 0 Å². The minimum absolute atomic E-state index is 0.0736. The summed E-state index contributed by atoms with van der Waals surface area (Å²) in [6, 6.07) is 9.38. The summed E-state index contributed by atoms with van der Waals surface area (Å²) in [5.41, 5.74) is 1.95. The summed E-state index contributed by atoms with van der Waals surface area (Å²) in [5.74, 6) is 0.0736. The molecule has 0 fully saturated rings. The van der Waals surface area contributed by atoms with E-state index in [0.717, 1.165) is 11.3 Å². The van der Waals surface area contributed by atoms with Crippen LogP contribution in [0.3, 0.4) is 0 Å². The molecule has 1 unspecified atom stereocenters. The zero-order valence-electron chi connectivity index (χ0n) is 13.0. The Morgan fingerprint density at radius 1 is 1.23 bits per heavy atom. The lowest BCUT2D eigenvalue weighted by Crippen LogP contribution is -2.34. The summed E-state index contributed by atoms with van der Waals surface area (Å²) in [4.78, 5) is 22.5. The van der Waals surface area contributed by atoms with Crippen molar-refractivity contribution < 1.29 is 9.53 Å². The van der Waals surface area contributed by atoms with Gasteiger partial charge < -0.3 is 9.64 Å². The van der Waals surface area contributed by atoms with Gasteiger partial charge in [-0.3, -0.25) is 14.8 Å². The Kier molecular flexibility index (Phi) is 6.03. The van der Waals surface area contributed by atoms with E-state index in [1.54, 1.807) is 37.6 Å². The third-order valence-electron chi connectivity index (χ3n) is 3.59. The maximum atomic E-state index is 12.4. The van der Waals surface area contributed by atoms with Crippen LogP contribution in [0.2, 0.25) is 0 Å². The van der Waals surface area contributed by atoms with Gasteiger partial charge in [0.2, 0.25) is 5.91 Å². The van der Waals surface area contributed by atoms with E-state index < -0.39 is 0 Å². The Hall–Kier alpha value is -2.27. The third-order valence-corrected chi connectivity index (χ3v) is 3.59. The molecule has 0 saturated heterocycles. The Morgan fingerprint density at radius 3 is 2.64 bits per heavy atom. The van der Waals surface area contributed by atoms with Crippen LogP contribution in [0.25, 0.3) is 0 Å². The molecule has 0 aromatic carbocycles. The average Bonchev–Trinajstić information content (AvgIpc) is 2.58. The first-order valence-electron chi connectivity index (χ1n) is 7.26. The molecule has 0 radical (unpaired) electrons. The minimum Gasteiger partial charge on any atom is -0.382 e. The predicted molar refractivity (Wildman–Crippen MR) is 84.2 cm³/mol. The van der Waals surface area contributed by atoms with E-state index in [1.807, 2.05) is 30.3 Å². The Labute approximate surface area is 131 Å². The van der Waals surface area contributed by atoms with Crippen LogP contribution in [-0.2, 0) is 16.0 Å². The van der Waals surface area contributed by atoms with Crippen LogP contribution in [0.15, 0.2) is 48.9 Å². The number of aromatic nitrogens is 2. The molecule has 2 heterocycles. The summed E-state index contributed by atoms with van der Waals surface area (Å²) >= 11 is 0. The fraction of sp³-hybridized carbons (Fsp3) is 0.353. The molecule has 0 N–H and O–H groups in total. The first kappa shape index (κ1) is 16.1. The molecule has 0 bridgehead atoms. The Bertz CT molecular complexity index is 575. The molecule has 1 atom stereocenters. The zero-order valence-corrected chi connectivity index (χ0v) is 13.0. The molecule has 0 aliphatic heterocycles. The van der Waals surface area contributed by atoms with Gasteiger partial charge in [0.25, 0.3) is 0 Å². The molecule has 2 aromatic rings. The number of rotatable bonds is 7. The van der Waals surface area contributed by atoms with Gasteiger partial charge in [-0.25, -0.2) is 0 Å². The van der Waals surface area contributed by atoms with Crippen LogP contribution in [0.4, 0.5) is 0 Å². The number of amides is 1. The maximum absolute atomic E-state index is 12.4. The highest BCUT2D eigenvalue weighted by molar-refractivity contribution is 5.76. The van der Waals surface area contributed by atoms with Gasteiger partial charge in [-0.1, -0.05) is 6.07 Å².